The largest absolute Gasteiger partial charge is 0.504 e. The number of nitrogens with zero attached hydrogens (tertiary/aromatic N) is 2. The summed E-state index contributed by atoms with van der Waals surface area (Å²) in [4.78, 5) is 12.0. The Balaban J connectivity index is 2.13. The van der Waals surface area contributed by atoms with Crippen molar-refractivity contribution in [1.82, 2.24) is 9.78 Å². The molecule has 1 aromatic carbocycles. The Bertz CT molecular complexity index is 721. The molecule has 0 radical (unpaired) electrons. The summed E-state index contributed by atoms with van der Waals surface area (Å²) in [5, 5.41) is 17.0. The molecule has 0 aliphatic carbocycles. The van der Waals surface area contributed by atoms with Gasteiger partial charge in [-0.15, -0.1) is 0 Å². The summed E-state index contributed by atoms with van der Waals surface area (Å²) in [6.07, 6.45) is 0.355. The zero-order valence-corrected chi connectivity index (χ0v) is 12.2. The molecule has 0 saturated heterocycles. The predicted molar refractivity (Wildman–Crippen MR) is 77.7 cm³/mol. The van der Waals surface area contributed by atoms with Gasteiger partial charge in [-0.1, -0.05) is 6.07 Å². The Morgan fingerprint density at radius 2 is 2.24 bits per heavy atom. The summed E-state index contributed by atoms with van der Waals surface area (Å²) in [5.74, 6) is 1.10. The highest BCUT2D eigenvalue weighted by molar-refractivity contribution is 5.94. The molecule has 21 heavy (non-hydrogen) atoms. The standard InChI is InChI=1S/C15H17N3O3/c1-8-14-10(7-13(20)16-15(14)18(2)17-8)9-4-5-11(19)12(6-9)21-3/h4-6,10,19H,7H2,1-3H3,(H,16,20)/t10-/m0/s1. The van der Waals surface area contributed by atoms with Gasteiger partial charge in [-0.25, -0.2) is 0 Å². The van der Waals surface area contributed by atoms with Gasteiger partial charge in [0.05, 0.1) is 12.8 Å². The highest BCUT2D eigenvalue weighted by Gasteiger charge is 2.31. The lowest BCUT2D eigenvalue weighted by Gasteiger charge is -2.24. The van der Waals surface area contributed by atoms with Crippen molar-refractivity contribution < 1.29 is 14.6 Å². The van der Waals surface area contributed by atoms with Crippen LogP contribution in [0.5, 0.6) is 11.5 Å². The van der Waals surface area contributed by atoms with Gasteiger partial charge < -0.3 is 15.2 Å². The number of hydrogen-bond donors (Lipinski definition) is 2. The Hall–Kier alpha value is -2.50. The van der Waals surface area contributed by atoms with Crippen molar-refractivity contribution in [2.45, 2.75) is 19.3 Å². The molecular weight excluding hydrogens is 270 g/mol. The number of aryl methyl sites for hydroxylation is 2. The third kappa shape index (κ3) is 2.12. The number of methoxy groups -OCH3 is 1. The first-order valence-electron chi connectivity index (χ1n) is 6.71. The third-order valence-electron chi connectivity index (χ3n) is 3.87. The number of benzene rings is 1. The first kappa shape index (κ1) is 13.5. The molecule has 0 spiro atoms. The van der Waals surface area contributed by atoms with Crippen molar-refractivity contribution in [2.24, 2.45) is 7.05 Å². The van der Waals surface area contributed by atoms with Crippen LogP contribution in [-0.4, -0.2) is 27.9 Å². The number of carbonyl (C=O) groups is 1. The second-order valence-corrected chi connectivity index (χ2v) is 5.21. The summed E-state index contributed by atoms with van der Waals surface area (Å²) in [5.41, 5.74) is 2.84. The van der Waals surface area contributed by atoms with Gasteiger partial charge in [-0.2, -0.15) is 5.10 Å². The third-order valence-corrected chi connectivity index (χ3v) is 3.87. The van der Waals surface area contributed by atoms with Crippen molar-refractivity contribution in [3.05, 3.63) is 35.0 Å². The van der Waals surface area contributed by atoms with E-state index in [9.17, 15) is 9.90 Å². The highest BCUT2D eigenvalue weighted by atomic mass is 16.5. The molecule has 6 nitrogen and oxygen atoms in total. The molecule has 0 fully saturated rings. The average molecular weight is 287 g/mol. The van der Waals surface area contributed by atoms with Crippen LogP contribution in [0.1, 0.15) is 29.2 Å². The van der Waals surface area contributed by atoms with Crippen LogP contribution in [0.25, 0.3) is 0 Å². The van der Waals surface area contributed by atoms with E-state index in [4.69, 9.17) is 4.74 Å². The molecule has 1 atom stereocenters. The van der Waals surface area contributed by atoms with Gasteiger partial charge >= 0.3 is 0 Å². The summed E-state index contributed by atoms with van der Waals surface area (Å²) in [6, 6.07) is 5.18. The Kier molecular flexibility index (Phi) is 3.08. The smallest absolute Gasteiger partial charge is 0.226 e. The van der Waals surface area contributed by atoms with Crippen LogP contribution in [0.4, 0.5) is 5.82 Å². The SMILES string of the molecule is COc1cc([C@@H]2CC(=O)Nc3c2c(C)nn3C)ccc1O. The molecule has 1 aromatic heterocycles. The van der Waals surface area contributed by atoms with Gasteiger partial charge in [0, 0.05) is 24.9 Å². The van der Waals surface area contributed by atoms with E-state index >= 15 is 0 Å². The summed E-state index contributed by atoms with van der Waals surface area (Å²) < 4.78 is 6.84. The monoisotopic (exact) mass is 287 g/mol. The van der Waals surface area contributed by atoms with E-state index in [1.165, 1.54) is 7.11 Å². The van der Waals surface area contributed by atoms with Gasteiger partial charge in [-0.3, -0.25) is 9.48 Å². The van der Waals surface area contributed by atoms with Crippen LogP contribution in [0.2, 0.25) is 0 Å². The lowest BCUT2D eigenvalue weighted by Crippen LogP contribution is -2.24. The highest BCUT2D eigenvalue weighted by Crippen LogP contribution is 2.41. The lowest BCUT2D eigenvalue weighted by molar-refractivity contribution is -0.116. The minimum atomic E-state index is -0.0862. The van der Waals surface area contributed by atoms with E-state index in [2.05, 4.69) is 10.4 Å². The number of fused-ring (bicyclic) bond motifs is 1. The van der Waals surface area contributed by atoms with E-state index < -0.39 is 0 Å². The van der Waals surface area contributed by atoms with E-state index in [0.29, 0.717) is 12.2 Å². The normalized spacial score (nSPS) is 17.3. The summed E-state index contributed by atoms with van der Waals surface area (Å²) in [6.45, 7) is 1.93. The van der Waals surface area contributed by atoms with Crippen LogP contribution < -0.4 is 10.1 Å². The Morgan fingerprint density at radius 3 is 2.95 bits per heavy atom. The van der Waals surface area contributed by atoms with Crippen LogP contribution >= 0.6 is 0 Å². The zero-order chi connectivity index (χ0) is 15.1. The van der Waals surface area contributed by atoms with Crippen molar-refractivity contribution in [3.63, 3.8) is 0 Å². The number of phenolic OH excluding ortho intramolecular Hbond substituents is 1. The summed E-state index contributed by atoms with van der Waals surface area (Å²) >= 11 is 0. The minimum Gasteiger partial charge on any atom is -0.504 e. The predicted octanol–water partition coefficient (Wildman–Crippen LogP) is 1.92. The number of hydrogen-bond acceptors (Lipinski definition) is 4. The second kappa shape index (κ2) is 4.80. The van der Waals surface area contributed by atoms with E-state index in [-0.39, 0.29) is 17.6 Å². The number of aromatic hydroxyl groups is 1. The van der Waals surface area contributed by atoms with Crippen LogP contribution in [0.15, 0.2) is 18.2 Å². The van der Waals surface area contributed by atoms with Gasteiger partial charge in [0.25, 0.3) is 0 Å². The van der Waals surface area contributed by atoms with E-state index in [1.807, 2.05) is 20.0 Å². The molecule has 0 bridgehead atoms. The van der Waals surface area contributed by atoms with Crippen molar-refractivity contribution in [3.8, 4) is 11.5 Å². The van der Waals surface area contributed by atoms with Gasteiger partial charge in [0.1, 0.15) is 5.82 Å². The molecule has 1 aliphatic heterocycles. The van der Waals surface area contributed by atoms with Gasteiger partial charge in [0.2, 0.25) is 5.91 Å². The first-order chi connectivity index (χ1) is 10.0. The van der Waals surface area contributed by atoms with E-state index in [0.717, 1.165) is 22.6 Å². The molecule has 1 aliphatic rings. The average Bonchev–Trinajstić information content (AvgIpc) is 2.73. The number of aromatic nitrogens is 2. The van der Waals surface area contributed by atoms with Crippen molar-refractivity contribution in [1.29, 1.82) is 0 Å². The fraction of sp³-hybridized carbons (Fsp3) is 0.333. The summed E-state index contributed by atoms with van der Waals surface area (Å²) in [7, 11) is 3.32. The molecule has 2 aromatic rings. The van der Waals surface area contributed by atoms with Gasteiger partial charge in [-0.05, 0) is 24.6 Å². The number of phenols is 1. The fourth-order valence-corrected chi connectivity index (χ4v) is 2.91. The number of rotatable bonds is 2. The molecule has 110 valence electrons. The molecule has 0 unspecified atom stereocenters. The minimum absolute atomic E-state index is 0.0393. The molecule has 1 amide bonds. The number of nitrogens with one attached hydrogen (secondary N) is 1. The maximum Gasteiger partial charge on any atom is 0.226 e. The first-order valence-corrected chi connectivity index (χ1v) is 6.71. The fourth-order valence-electron chi connectivity index (χ4n) is 2.91. The Labute approximate surface area is 122 Å². The number of amides is 1. The molecule has 6 heteroatoms. The molecule has 2 N–H and O–H groups in total. The lowest BCUT2D eigenvalue weighted by atomic mass is 9.85. The zero-order valence-electron chi connectivity index (χ0n) is 12.2. The number of ether oxygens (including phenoxy) is 1. The molecule has 3 rings (SSSR count). The number of carbonyl (C=O) groups excluding carboxylic acids is 1. The quantitative estimate of drug-likeness (QED) is 0.884. The molecule has 0 saturated carbocycles. The second-order valence-electron chi connectivity index (χ2n) is 5.21. The maximum atomic E-state index is 12.0. The number of anilines is 1. The Morgan fingerprint density at radius 1 is 1.48 bits per heavy atom. The van der Waals surface area contributed by atoms with Crippen LogP contribution in [0.3, 0.4) is 0 Å². The van der Waals surface area contributed by atoms with E-state index in [1.54, 1.807) is 16.8 Å². The van der Waals surface area contributed by atoms with Crippen molar-refractivity contribution >= 4 is 11.7 Å². The molecular formula is C15H17N3O3. The molecule has 2 heterocycles. The van der Waals surface area contributed by atoms with Crippen LogP contribution in [-0.2, 0) is 11.8 Å². The van der Waals surface area contributed by atoms with Crippen LogP contribution in [0, 0.1) is 6.92 Å². The topological polar surface area (TPSA) is 76.4 Å². The maximum absolute atomic E-state index is 12.0. The van der Waals surface area contributed by atoms with Gasteiger partial charge in [0.15, 0.2) is 11.5 Å². The van der Waals surface area contributed by atoms with Crippen molar-refractivity contribution in [2.75, 3.05) is 12.4 Å².